The van der Waals surface area contributed by atoms with Crippen LogP contribution in [0.25, 0.3) is 10.9 Å². The summed E-state index contributed by atoms with van der Waals surface area (Å²) in [6.45, 7) is 9.07. The fraction of sp³-hybridized carbons (Fsp3) is 0.500. The van der Waals surface area contributed by atoms with Gasteiger partial charge < -0.3 is 19.4 Å². The third-order valence-corrected chi connectivity index (χ3v) is 3.23. The highest BCUT2D eigenvalue weighted by Crippen LogP contribution is 2.26. The van der Waals surface area contributed by atoms with Crippen LogP contribution in [0.1, 0.15) is 13.8 Å². The number of nitrogens with one attached hydrogen (secondary N) is 1. The summed E-state index contributed by atoms with van der Waals surface area (Å²) in [6, 6.07) is 8.33. The summed E-state index contributed by atoms with van der Waals surface area (Å²) in [5, 5.41) is 4.57. The highest BCUT2D eigenvalue weighted by Gasteiger charge is 2.05. The Morgan fingerprint density at radius 3 is 2.80 bits per heavy atom. The van der Waals surface area contributed by atoms with Crippen molar-refractivity contribution >= 4 is 10.9 Å². The van der Waals surface area contributed by atoms with Gasteiger partial charge in [0.2, 0.25) is 0 Å². The van der Waals surface area contributed by atoms with Crippen molar-refractivity contribution in [1.82, 2.24) is 9.88 Å². The second-order valence-electron chi connectivity index (χ2n) is 4.58. The number of benzene rings is 1. The molecule has 0 aliphatic carbocycles. The van der Waals surface area contributed by atoms with E-state index in [4.69, 9.17) is 9.47 Å². The van der Waals surface area contributed by atoms with Gasteiger partial charge in [0, 0.05) is 37.8 Å². The summed E-state index contributed by atoms with van der Waals surface area (Å²) in [5.74, 6) is 0.966. The molecule has 0 bridgehead atoms. The maximum Gasteiger partial charge on any atom is 0.128 e. The van der Waals surface area contributed by atoms with Gasteiger partial charge in [-0.1, -0.05) is 6.07 Å². The number of nitrogens with zero attached hydrogens (tertiary/aromatic N) is 1. The smallest absolute Gasteiger partial charge is 0.128 e. The molecule has 1 aromatic heterocycles. The van der Waals surface area contributed by atoms with E-state index in [1.807, 2.05) is 26.0 Å². The zero-order chi connectivity index (χ0) is 14.2. The number of hydrogen-bond donors (Lipinski definition) is 1. The van der Waals surface area contributed by atoms with E-state index in [2.05, 4.69) is 28.2 Å². The maximum absolute atomic E-state index is 5.66. The van der Waals surface area contributed by atoms with E-state index in [1.165, 1.54) is 10.9 Å². The van der Waals surface area contributed by atoms with Crippen LogP contribution in [0.2, 0.25) is 0 Å². The fourth-order valence-corrected chi connectivity index (χ4v) is 2.28. The minimum Gasteiger partial charge on any atom is -0.493 e. The van der Waals surface area contributed by atoms with Crippen molar-refractivity contribution in [1.29, 1.82) is 0 Å². The molecule has 1 N–H and O–H groups in total. The lowest BCUT2D eigenvalue weighted by molar-refractivity contribution is 0.149. The van der Waals surface area contributed by atoms with Gasteiger partial charge in [0.1, 0.15) is 5.75 Å². The molecule has 0 radical (unpaired) electrons. The van der Waals surface area contributed by atoms with E-state index in [0.717, 1.165) is 38.6 Å². The van der Waals surface area contributed by atoms with Gasteiger partial charge in [-0.3, -0.25) is 0 Å². The first-order chi connectivity index (χ1) is 9.86. The Hall–Kier alpha value is -1.52. The van der Waals surface area contributed by atoms with Gasteiger partial charge in [-0.05, 0) is 32.0 Å². The third kappa shape index (κ3) is 3.74. The predicted molar refractivity (Wildman–Crippen MR) is 82.5 cm³/mol. The molecule has 0 saturated heterocycles. The van der Waals surface area contributed by atoms with Crippen LogP contribution in [-0.2, 0) is 11.3 Å². The lowest BCUT2D eigenvalue weighted by atomic mass is 10.2. The van der Waals surface area contributed by atoms with E-state index in [0.29, 0.717) is 6.61 Å². The molecular weight excluding hydrogens is 252 g/mol. The summed E-state index contributed by atoms with van der Waals surface area (Å²) in [7, 11) is 0. The van der Waals surface area contributed by atoms with Crippen LogP contribution in [0.3, 0.4) is 0 Å². The SMILES string of the molecule is CCOCCNCCn1ccc2c(OCC)cccc21. The van der Waals surface area contributed by atoms with Crippen LogP contribution < -0.4 is 10.1 Å². The maximum atomic E-state index is 5.66. The van der Waals surface area contributed by atoms with Crippen LogP contribution in [0, 0.1) is 0 Å². The van der Waals surface area contributed by atoms with Crippen molar-refractivity contribution < 1.29 is 9.47 Å². The molecule has 0 fully saturated rings. The Bertz CT molecular complexity index is 522. The Morgan fingerprint density at radius 1 is 1.10 bits per heavy atom. The molecule has 4 heteroatoms. The molecule has 0 saturated carbocycles. The Morgan fingerprint density at radius 2 is 2.00 bits per heavy atom. The van der Waals surface area contributed by atoms with Crippen LogP contribution >= 0.6 is 0 Å². The predicted octanol–water partition coefficient (Wildman–Crippen LogP) is 2.67. The van der Waals surface area contributed by atoms with Crippen molar-refractivity contribution in [3.05, 3.63) is 30.5 Å². The number of rotatable bonds is 9. The highest BCUT2D eigenvalue weighted by atomic mass is 16.5. The topological polar surface area (TPSA) is 35.4 Å². The van der Waals surface area contributed by atoms with E-state index >= 15 is 0 Å². The van der Waals surface area contributed by atoms with Crippen molar-refractivity contribution in [2.24, 2.45) is 0 Å². The molecule has 4 nitrogen and oxygen atoms in total. The summed E-state index contributed by atoms with van der Waals surface area (Å²) in [4.78, 5) is 0. The van der Waals surface area contributed by atoms with Crippen molar-refractivity contribution in [2.75, 3.05) is 32.9 Å². The minimum atomic E-state index is 0.698. The molecule has 0 aliphatic rings. The van der Waals surface area contributed by atoms with Crippen molar-refractivity contribution in [2.45, 2.75) is 20.4 Å². The van der Waals surface area contributed by atoms with E-state index in [9.17, 15) is 0 Å². The normalized spacial score (nSPS) is 11.1. The zero-order valence-corrected chi connectivity index (χ0v) is 12.4. The second kappa shape index (κ2) is 7.92. The van der Waals surface area contributed by atoms with Crippen molar-refractivity contribution in [3.63, 3.8) is 0 Å². The second-order valence-corrected chi connectivity index (χ2v) is 4.58. The monoisotopic (exact) mass is 276 g/mol. The van der Waals surface area contributed by atoms with Crippen LogP contribution in [-0.4, -0.2) is 37.5 Å². The average Bonchev–Trinajstić information content (AvgIpc) is 2.87. The first-order valence-electron chi connectivity index (χ1n) is 7.36. The molecule has 0 atom stereocenters. The number of fused-ring (bicyclic) bond motifs is 1. The molecule has 1 aromatic carbocycles. The molecule has 2 rings (SSSR count). The average molecular weight is 276 g/mol. The number of ether oxygens (including phenoxy) is 2. The third-order valence-electron chi connectivity index (χ3n) is 3.23. The molecule has 0 aliphatic heterocycles. The number of hydrogen-bond acceptors (Lipinski definition) is 3. The molecule has 0 spiro atoms. The van der Waals surface area contributed by atoms with E-state index in [-0.39, 0.29) is 0 Å². The molecule has 0 amide bonds. The molecule has 2 aromatic rings. The van der Waals surface area contributed by atoms with Gasteiger partial charge >= 0.3 is 0 Å². The van der Waals surface area contributed by atoms with Gasteiger partial charge in [0.25, 0.3) is 0 Å². The van der Waals surface area contributed by atoms with Crippen LogP contribution in [0.4, 0.5) is 0 Å². The molecular formula is C16H24N2O2. The van der Waals surface area contributed by atoms with Gasteiger partial charge in [0.15, 0.2) is 0 Å². The van der Waals surface area contributed by atoms with Gasteiger partial charge in [0.05, 0.1) is 18.7 Å². The molecule has 110 valence electrons. The summed E-state index contributed by atoms with van der Waals surface area (Å²) >= 11 is 0. The van der Waals surface area contributed by atoms with Gasteiger partial charge in [-0.2, -0.15) is 0 Å². The summed E-state index contributed by atoms with van der Waals surface area (Å²) in [5.41, 5.74) is 1.22. The Labute approximate surface area is 120 Å². The molecule has 20 heavy (non-hydrogen) atoms. The fourth-order valence-electron chi connectivity index (χ4n) is 2.28. The first kappa shape index (κ1) is 14.9. The molecule has 0 unspecified atom stereocenters. The minimum absolute atomic E-state index is 0.698. The lowest BCUT2D eigenvalue weighted by Crippen LogP contribution is -2.23. The quantitative estimate of drug-likeness (QED) is 0.715. The van der Waals surface area contributed by atoms with E-state index < -0.39 is 0 Å². The first-order valence-corrected chi connectivity index (χ1v) is 7.36. The largest absolute Gasteiger partial charge is 0.493 e. The van der Waals surface area contributed by atoms with Gasteiger partial charge in [-0.25, -0.2) is 0 Å². The van der Waals surface area contributed by atoms with Crippen molar-refractivity contribution in [3.8, 4) is 5.75 Å². The number of aromatic nitrogens is 1. The van der Waals surface area contributed by atoms with E-state index in [1.54, 1.807) is 0 Å². The van der Waals surface area contributed by atoms with Crippen LogP contribution in [0.15, 0.2) is 30.5 Å². The highest BCUT2D eigenvalue weighted by molar-refractivity contribution is 5.86. The standard InChI is InChI=1S/C16H24N2O2/c1-3-19-13-10-17-9-12-18-11-8-14-15(18)6-5-7-16(14)20-4-2/h5-8,11,17H,3-4,9-10,12-13H2,1-2H3. The molecule has 1 heterocycles. The summed E-state index contributed by atoms with van der Waals surface area (Å²) in [6.07, 6.45) is 2.12. The summed E-state index contributed by atoms with van der Waals surface area (Å²) < 4.78 is 13.2. The zero-order valence-electron chi connectivity index (χ0n) is 12.4. The van der Waals surface area contributed by atoms with Gasteiger partial charge in [-0.15, -0.1) is 0 Å². The lowest BCUT2D eigenvalue weighted by Gasteiger charge is -2.09. The Kier molecular flexibility index (Phi) is 5.89. The van der Waals surface area contributed by atoms with Crippen LogP contribution in [0.5, 0.6) is 5.75 Å². The Balaban J connectivity index is 1.92.